The van der Waals surface area contributed by atoms with E-state index in [1.807, 2.05) is 6.20 Å². The second-order valence-electron chi connectivity index (χ2n) is 7.42. The van der Waals surface area contributed by atoms with Crippen LogP contribution in [0.5, 0.6) is 0 Å². The van der Waals surface area contributed by atoms with E-state index >= 15 is 0 Å². The lowest BCUT2D eigenvalue weighted by Gasteiger charge is -2.02. The largest absolute Gasteiger partial charge is 0.417 e. The van der Waals surface area contributed by atoms with Gasteiger partial charge < -0.3 is 25.7 Å². The van der Waals surface area contributed by atoms with Crippen molar-refractivity contribution in [2.75, 3.05) is 7.05 Å². The SMILES string of the molecule is CN.Cc1nnc(C(N)=O)o1.O=CCCCCCCc1ncc(-c2ccc3ccccc3c2)[nH]1. The Hall–Kier alpha value is -3.85. The van der Waals surface area contributed by atoms with Crippen LogP contribution in [0.4, 0.5) is 0 Å². The van der Waals surface area contributed by atoms with E-state index in [1.165, 1.54) is 23.4 Å². The molecule has 0 aliphatic carbocycles. The lowest BCUT2D eigenvalue weighted by atomic mass is 10.1. The predicted molar refractivity (Wildman–Crippen MR) is 132 cm³/mol. The fourth-order valence-electron chi connectivity index (χ4n) is 3.26. The molecule has 0 aliphatic heterocycles. The molecular weight excluding hydrogens is 432 g/mol. The molecule has 0 atom stereocenters. The van der Waals surface area contributed by atoms with Gasteiger partial charge in [0.15, 0.2) is 0 Å². The molecule has 0 fully saturated rings. The average Bonchev–Trinajstić information content (AvgIpc) is 3.52. The Labute approximate surface area is 199 Å². The lowest BCUT2D eigenvalue weighted by Crippen LogP contribution is -2.10. The second-order valence-corrected chi connectivity index (χ2v) is 7.42. The number of fused-ring (bicyclic) bond motifs is 1. The van der Waals surface area contributed by atoms with Crippen LogP contribution in [0.3, 0.4) is 0 Å². The number of aromatic nitrogens is 4. The highest BCUT2D eigenvalue weighted by molar-refractivity contribution is 5.87. The molecule has 4 aromatic rings. The quantitative estimate of drug-likeness (QED) is 0.250. The number of aromatic amines is 1. The minimum Gasteiger partial charge on any atom is -0.417 e. The van der Waals surface area contributed by atoms with E-state index in [9.17, 15) is 9.59 Å². The second kappa shape index (κ2) is 14.3. The van der Waals surface area contributed by atoms with E-state index in [0.717, 1.165) is 49.9 Å². The maximum Gasteiger partial charge on any atom is 0.306 e. The normalized spacial score (nSPS) is 10.1. The molecule has 2 aromatic heterocycles. The first-order valence-electron chi connectivity index (χ1n) is 11.2. The Morgan fingerprint density at radius 1 is 1.03 bits per heavy atom. The van der Waals surface area contributed by atoms with Crippen molar-refractivity contribution in [2.45, 2.75) is 45.4 Å². The summed E-state index contributed by atoms with van der Waals surface area (Å²) in [5.74, 6) is 0.537. The molecule has 34 heavy (non-hydrogen) atoms. The summed E-state index contributed by atoms with van der Waals surface area (Å²) in [5.41, 5.74) is 11.5. The number of primary amides is 1. The zero-order valence-electron chi connectivity index (χ0n) is 19.7. The number of H-pyrrole nitrogens is 1. The van der Waals surface area contributed by atoms with Gasteiger partial charge in [0.1, 0.15) is 12.1 Å². The van der Waals surface area contributed by atoms with Gasteiger partial charge in [-0.05, 0) is 36.7 Å². The maximum absolute atomic E-state index is 10.3. The van der Waals surface area contributed by atoms with Gasteiger partial charge >= 0.3 is 11.8 Å². The van der Waals surface area contributed by atoms with Gasteiger partial charge in [0.25, 0.3) is 0 Å². The molecule has 2 aromatic carbocycles. The number of amides is 1. The van der Waals surface area contributed by atoms with Gasteiger partial charge in [-0.25, -0.2) is 4.98 Å². The van der Waals surface area contributed by atoms with Gasteiger partial charge in [0.2, 0.25) is 5.89 Å². The molecule has 5 N–H and O–H groups in total. The van der Waals surface area contributed by atoms with E-state index in [4.69, 9.17) is 5.73 Å². The van der Waals surface area contributed by atoms with Gasteiger partial charge in [-0.1, -0.05) is 49.2 Å². The first-order valence-corrected chi connectivity index (χ1v) is 11.2. The molecule has 0 saturated heterocycles. The molecule has 9 nitrogen and oxygen atoms in total. The minimum absolute atomic E-state index is 0.146. The average molecular weight is 465 g/mol. The van der Waals surface area contributed by atoms with Crippen LogP contribution in [0.2, 0.25) is 0 Å². The first-order chi connectivity index (χ1) is 16.6. The summed E-state index contributed by atoms with van der Waals surface area (Å²) in [7, 11) is 1.50. The monoisotopic (exact) mass is 464 g/mol. The van der Waals surface area contributed by atoms with Gasteiger partial charge in [-0.2, -0.15) is 0 Å². The van der Waals surface area contributed by atoms with Crippen LogP contribution in [0.15, 0.2) is 53.1 Å². The number of carbonyl (C=O) groups is 2. The standard InChI is InChI=1S/C20H22N2O.C4H5N3O2.CH5N/c23-13-7-3-1-2-4-10-20-21-15-19(22-20)18-12-11-16-8-5-6-9-17(16)14-18;1-2-6-7-4(9-2)3(5)8;1-2/h5-6,8-9,11-15H,1-4,7,10H2,(H,21,22);1H3,(H2,5,8);2H2,1H3. The number of carbonyl (C=O) groups excluding carboxylic acids is 2. The summed E-state index contributed by atoms with van der Waals surface area (Å²) in [4.78, 5) is 28.4. The van der Waals surface area contributed by atoms with Gasteiger partial charge in [0.05, 0.1) is 11.9 Å². The Kier molecular flexibility index (Phi) is 11.1. The molecule has 0 aliphatic rings. The van der Waals surface area contributed by atoms with E-state index in [2.05, 4.69) is 72.8 Å². The number of nitrogens with two attached hydrogens (primary N) is 2. The third kappa shape index (κ3) is 8.25. The molecule has 0 bridgehead atoms. The van der Waals surface area contributed by atoms with Crippen LogP contribution in [0.1, 0.15) is 54.5 Å². The number of nitrogens with one attached hydrogen (secondary N) is 1. The number of benzene rings is 2. The number of hydrogen-bond acceptors (Lipinski definition) is 7. The predicted octanol–water partition coefficient (Wildman–Crippen LogP) is 3.97. The van der Waals surface area contributed by atoms with E-state index in [-0.39, 0.29) is 5.89 Å². The summed E-state index contributed by atoms with van der Waals surface area (Å²) >= 11 is 0. The Bertz CT molecular complexity index is 1170. The van der Waals surface area contributed by atoms with Crippen LogP contribution in [0.25, 0.3) is 22.0 Å². The summed E-state index contributed by atoms with van der Waals surface area (Å²) in [6, 6.07) is 14.9. The molecule has 9 heteroatoms. The first kappa shape index (κ1) is 26.4. The molecule has 0 radical (unpaired) electrons. The number of nitrogens with zero attached hydrogens (tertiary/aromatic N) is 3. The van der Waals surface area contributed by atoms with Crippen molar-refractivity contribution < 1.29 is 14.0 Å². The number of imidazole rings is 1. The number of unbranched alkanes of at least 4 members (excludes halogenated alkanes) is 4. The lowest BCUT2D eigenvalue weighted by molar-refractivity contribution is -0.107. The highest BCUT2D eigenvalue weighted by atomic mass is 16.4. The van der Waals surface area contributed by atoms with Crippen molar-refractivity contribution in [1.29, 1.82) is 0 Å². The molecule has 4 rings (SSSR count). The number of aldehydes is 1. The molecule has 0 unspecified atom stereocenters. The Morgan fingerprint density at radius 3 is 2.41 bits per heavy atom. The summed E-state index contributed by atoms with van der Waals surface area (Å²) < 4.78 is 4.65. The van der Waals surface area contributed by atoms with Crippen molar-refractivity contribution in [3.05, 3.63) is 66.3 Å². The third-order valence-electron chi connectivity index (χ3n) is 4.91. The molecule has 180 valence electrons. The van der Waals surface area contributed by atoms with Crippen molar-refractivity contribution in [2.24, 2.45) is 11.5 Å². The van der Waals surface area contributed by atoms with E-state index < -0.39 is 5.91 Å². The number of hydrogen-bond donors (Lipinski definition) is 3. The van der Waals surface area contributed by atoms with Crippen LogP contribution in [-0.4, -0.2) is 39.4 Å². The fourth-order valence-corrected chi connectivity index (χ4v) is 3.26. The Balaban J connectivity index is 0.000000311. The van der Waals surface area contributed by atoms with Crippen LogP contribution in [0, 0.1) is 6.92 Å². The van der Waals surface area contributed by atoms with Gasteiger partial charge in [-0.15, -0.1) is 10.2 Å². The van der Waals surface area contributed by atoms with Crippen molar-refractivity contribution in [3.63, 3.8) is 0 Å². The van der Waals surface area contributed by atoms with Crippen LogP contribution in [-0.2, 0) is 11.2 Å². The third-order valence-corrected chi connectivity index (χ3v) is 4.91. The molecule has 2 heterocycles. The molecular formula is C25H32N6O3. The molecule has 0 spiro atoms. The highest BCUT2D eigenvalue weighted by Crippen LogP contribution is 2.23. The minimum atomic E-state index is -0.699. The van der Waals surface area contributed by atoms with Crippen LogP contribution < -0.4 is 11.5 Å². The van der Waals surface area contributed by atoms with Crippen molar-refractivity contribution in [3.8, 4) is 11.3 Å². The summed E-state index contributed by atoms with van der Waals surface area (Å²) in [5, 5.41) is 9.25. The van der Waals surface area contributed by atoms with Gasteiger partial charge in [-0.3, -0.25) is 4.79 Å². The van der Waals surface area contributed by atoms with Crippen LogP contribution >= 0.6 is 0 Å². The van der Waals surface area contributed by atoms with E-state index in [0.29, 0.717) is 12.3 Å². The Morgan fingerprint density at radius 2 is 1.76 bits per heavy atom. The summed E-state index contributed by atoms with van der Waals surface area (Å²) in [6.45, 7) is 1.58. The smallest absolute Gasteiger partial charge is 0.306 e. The topological polar surface area (TPSA) is 154 Å². The summed E-state index contributed by atoms with van der Waals surface area (Å²) in [6.07, 6.45) is 8.97. The van der Waals surface area contributed by atoms with Gasteiger partial charge in [0, 0.05) is 25.3 Å². The molecule has 1 amide bonds. The number of aryl methyl sites for hydroxylation is 2. The highest BCUT2D eigenvalue weighted by Gasteiger charge is 2.07. The number of rotatable bonds is 9. The van der Waals surface area contributed by atoms with E-state index in [1.54, 1.807) is 6.92 Å². The zero-order chi connectivity index (χ0) is 24.8. The zero-order valence-corrected chi connectivity index (χ0v) is 19.7. The maximum atomic E-state index is 10.3. The van der Waals surface area contributed by atoms with Crippen molar-refractivity contribution >= 4 is 23.0 Å². The van der Waals surface area contributed by atoms with Crippen molar-refractivity contribution in [1.82, 2.24) is 20.2 Å². The fraction of sp³-hybridized carbons (Fsp3) is 0.320. The molecule has 0 saturated carbocycles.